The molecule has 6 aromatic rings. The van der Waals surface area contributed by atoms with Crippen LogP contribution in [0.1, 0.15) is 33.4 Å². The summed E-state index contributed by atoms with van der Waals surface area (Å²) in [6.45, 7) is 8.66. The molecule has 0 unspecified atom stereocenters. The van der Waals surface area contributed by atoms with Gasteiger partial charge in [-0.1, -0.05) is 82.9 Å². The Kier molecular flexibility index (Phi) is 6.79. The minimum Gasteiger partial charge on any atom is -0.456 e. The fourth-order valence-corrected chi connectivity index (χ4v) is 12.6. The zero-order chi connectivity index (χ0) is 31.8. The fourth-order valence-electron chi connectivity index (χ4n) is 7.06. The lowest BCUT2D eigenvalue weighted by Gasteiger charge is -2.32. The molecule has 6 aromatic carbocycles. The summed E-state index contributed by atoms with van der Waals surface area (Å²) in [7, 11) is -1.86. The van der Waals surface area contributed by atoms with E-state index in [1.165, 1.54) is 65.2 Å². The van der Waals surface area contributed by atoms with Crippen LogP contribution in [-0.4, -0.2) is 0 Å². The molecule has 0 radical (unpaired) electrons. The molecule has 3 heterocycles. The number of benzene rings is 6. The van der Waals surface area contributed by atoms with Crippen molar-refractivity contribution in [2.45, 2.75) is 40.5 Å². The highest BCUT2D eigenvalue weighted by atomic mass is 31.1. The summed E-state index contributed by atoms with van der Waals surface area (Å²) in [6, 6.07) is 39.9. The molecular weight excluding hydrogens is 614 g/mol. The summed E-state index contributed by atoms with van der Waals surface area (Å²) in [5.41, 5.74) is 7.45. The zero-order valence-electron chi connectivity index (χ0n) is 26.9. The van der Waals surface area contributed by atoms with Gasteiger partial charge in [-0.3, -0.25) is 0 Å². The van der Waals surface area contributed by atoms with Crippen LogP contribution in [0.3, 0.4) is 0 Å². The van der Waals surface area contributed by atoms with Crippen molar-refractivity contribution in [1.29, 1.82) is 0 Å². The maximum atomic E-state index is 7.40. The molecular formula is C42H34O3P2. The Bertz CT molecular complexity index is 1990. The first-order chi connectivity index (χ1) is 22.9. The summed E-state index contributed by atoms with van der Waals surface area (Å²) in [5, 5.41) is 7.47. The molecule has 5 heteroatoms. The third kappa shape index (κ3) is 4.79. The van der Waals surface area contributed by atoms with Crippen molar-refractivity contribution >= 4 is 47.7 Å². The van der Waals surface area contributed by atoms with E-state index in [-0.39, 0.29) is 0 Å². The van der Waals surface area contributed by atoms with Gasteiger partial charge >= 0.3 is 0 Å². The lowest BCUT2D eigenvalue weighted by atomic mass is 10.0. The van der Waals surface area contributed by atoms with E-state index in [9.17, 15) is 0 Å². The van der Waals surface area contributed by atoms with Crippen molar-refractivity contribution in [2.24, 2.45) is 0 Å². The van der Waals surface area contributed by atoms with E-state index in [1.54, 1.807) is 0 Å². The largest absolute Gasteiger partial charge is 0.456 e. The van der Waals surface area contributed by atoms with Gasteiger partial charge < -0.3 is 14.2 Å². The monoisotopic (exact) mass is 648 g/mol. The number of para-hydroxylation sites is 2. The second-order valence-corrected chi connectivity index (χ2v) is 17.1. The lowest BCUT2D eigenvalue weighted by molar-refractivity contribution is 0.485. The highest BCUT2D eigenvalue weighted by Gasteiger charge is 2.35. The summed E-state index contributed by atoms with van der Waals surface area (Å²) in [6.07, 6.45) is 1.85. The summed E-state index contributed by atoms with van der Waals surface area (Å²) in [5.74, 6) is 5.77. The van der Waals surface area contributed by atoms with Gasteiger partial charge in [0.05, 0.1) is 0 Å². The van der Waals surface area contributed by atoms with Crippen molar-refractivity contribution < 1.29 is 14.2 Å². The third-order valence-corrected chi connectivity index (χ3v) is 14.4. The molecule has 0 aromatic heterocycles. The minimum absolute atomic E-state index is 0.924. The highest BCUT2D eigenvalue weighted by molar-refractivity contribution is 7.81. The van der Waals surface area contributed by atoms with Crippen LogP contribution in [0.5, 0.6) is 34.5 Å². The molecule has 0 atom stereocenters. The Balaban J connectivity index is 1.26. The van der Waals surface area contributed by atoms with E-state index in [1.807, 2.05) is 0 Å². The van der Waals surface area contributed by atoms with Gasteiger partial charge in [-0.15, -0.1) is 0 Å². The number of aryl methyl sites for hydroxylation is 6. The SMILES string of the molecule is Cc1ccc2c(c1)P(c1cccc3c1Oc1c(cccc1P1c4cc(C)ccc4Oc4ccc(C)cc41)CC3)c1cc(C)ccc1O2. The van der Waals surface area contributed by atoms with Crippen LogP contribution in [0, 0.1) is 27.7 Å². The van der Waals surface area contributed by atoms with Crippen molar-refractivity contribution in [1.82, 2.24) is 0 Å². The van der Waals surface area contributed by atoms with Gasteiger partial charge in [-0.05, 0) is 116 Å². The number of hydrogen-bond donors (Lipinski definition) is 0. The lowest BCUT2D eigenvalue weighted by Crippen LogP contribution is -2.29. The van der Waals surface area contributed by atoms with Crippen LogP contribution < -0.4 is 46.0 Å². The first-order valence-corrected chi connectivity index (χ1v) is 18.9. The second-order valence-electron chi connectivity index (χ2n) is 12.9. The Morgan fingerprint density at radius 3 is 1.06 bits per heavy atom. The molecule has 230 valence electrons. The molecule has 0 fully saturated rings. The van der Waals surface area contributed by atoms with Gasteiger partial charge in [0.15, 0.2) is 0 Å². The van der Waals surface area contributed by atoms with E-state index >= 15 is 0 Å². The molecule has 47 heavy (non-hydrogen) atoms. The molecule has 0 aliphatic carbocycles. The molecule has 0 N–H and O–H groups in total. The molecule has 3 nitrogen and oxygen atoms in total. The minimum atomic E-state index is -0.929. The van der Waals surface area contributed by atoms with Crippen molar-refractivity contribution in [3.63, 3.8) is 0 Å². The standard InChI is InChI=1S/C42H34O3P2/c1-25-11-17-31-37(21-25)46(38-22-26(2)12-18-32(38)43-31)35-9-5-7-29-15-16-30-8-6-10-36(42(30)45-41(29)35)47-39-23-27(3)13-19-33(39)44-34-20-14-28(4)24-40(34)47/h5-14,17-24H,15-16H2,1-4H3. The van der Waals surface area contributed by atoms with E-state index < -0.39 is 15.8 Å². The smallest absolute Gasteiger partial charge is 0.138 e. The molecule has 0 amide bonds. The molecule has 3 aliphatic rings. The molecule has 3 aliphatic heterocycles. The summed E-state index contributed by atoms with van der Waals surface area (Å²) in [4.78, 5) is 0. The molecule has 9 rings (SSSR count). The van der Waals surface area contributed by atoms with Gasteiger partial charge in [0.25, 0.3) is 0 Å². The topological polar surface area (TPSA) is 27.7 Å². The van der Waals surface area contributed by atoms with Crippen LogP contribution in [0.25, 0.3) is 0 Å². The normalized spacial score (nSPS) is 14.6. The molecule has 0 saturated heterocycles. The first kappa shape index (κ1) is 28.8. The Morgan fingerprint density at radius 2 is 0.723 bits per heavy atom. The van der Waals surface area contributed by atoms with Gasteiger partial charge in [0, 0.05) is 31.8 Å². The van der Waals surface area contributed by atoms with Crippen LogP contribution in [0.15, 0.2) is 109 Å². The Morgan fingerprint density at radius 1 is 0.383 bits per heavy atom. The van der Waals surface area contributed by atoms with Gasteiger partial charge in [0.2, 0.25) is 0 Å². The zero-order valence-corrected chi connectivity index (χ0v) is 28.7. The average Bonchev–Trinajstić information content (AvgIpc) is 3.26. The predicted molar refractivity (Wildman–Crippen MR) is 197 cm³/mol. The average molecular weight is 649 g/mol. The quantitative estimate of drug-likeness (QED) is 0.176. The molecule has 0 spiro atoms. The summed E-state index contributed by atoms with van der Waals surface area (Å²) < 4.78 is 20.4. The third-order valence-electron chi connectivity index (χ3n) is 9.36. The van der Waals surface area contributed by atoms with Gasteiger partial charge in [-0.25, -0.2) is 0 Å². The number of ether oxygens (including phenoxy) is 3. The molecule has 0 saturated carbocycles. The van der Waals surface area contributed by atoms with E-state index in [2.05, 4.69) is 137 Å². The maximum absolute atomic E-state index is 7.40. The Labute approximate surface area is 278 Å². The second kappa shape index (κ2) is 11.1. The Hall–Kier alpha value is -4.42. The number of fused-ring (bicyclic) bond motifs is 6. The van der Waals surface area contributed by atoms with Crippen LogP contribution >= 0.6 is 15.8 Å². The van der Waals surface area contributed by atoms with Crippen LogP contribution in [-0.2, 0) is 12.8 Å². The van der Waals surface area contributed by atoms with Gasteiger partial charge in [0.1, 0.15) is 34.5 Å². The van der Waals surface area contributed by atoms with Gasteiger partial charge in [-0.2, -0.15) is 0 Å². The fraction of sp³-hybridized carbons (Fsp3) is 0.143. The van der Waals surface area contributed by atoms with Crippen molar-refractivity contribution in [3.05, 3.63) is 143 Å². The number of rotatable bonds is 2. The number of hydrogen-bond acceptors (Lipinski definition) is 3. The van der Waals surface area contributed by atoms with E-state index in [0.717, 1.165) is 47.3 Å². The van der Waals surface area contributed by atoms with E-state index in [4.69, 9.17) is 14.2 Å². The summed E-state index contributed by atoms with van der Waals surface area (Å²) >= 11 is 0. The van der Waals surface area contributed by atoms with Crippen LogP contribution in [0.4, 0.5) is 0 Å². The maximum Gasteiger partial charge on any atom is 0.138 e. The van der Waals surface area contributed by atoms with Crippen molar-refractivity contribution in [2.75, 3.05) is 0 Å². The first-order valence-electron chi connectivity index (χ1n) is 16.2. The molecule has 0 bridgehead atoms. The predicted octanol–water partition coefficient (Wildman–Crippen LogP) is 8.54. The van der Waals surface area contributed by atoms with Crippen LogP contribution in [0.2, 0.25) is 0 Å². The van der Waals surface area contributed by atoms with Crippen molar-refractivity contribution in [3.8, 4) is 34.5 Å². The van der Waals surface area contributed by atoms with E-state index in [0.29, 0.717) is 0 Å². The highest BCUT2D eigenvalue weighted by Crippen LogP contribution is 2.51.